The Balaban J connectivity index is 1.15. The third-order valence-electron chi connectivity index (χ3n) is 13.3. The van der Waals surface area contributed by atoms with Crippen molar-refractivity contribution in [2.75, 3.05) is 4.90 Å². The third kappa shape index (κ3) is 4.82. The largest absolute Gasteiger partial charge is 0.456 e. The quantitative estimate of drug-likeness (QED) is 0.168. The van der Waals surface area contributed by atoms with E-state index in [1.165, 1.54) is 66.8 Å². The number of rotatable bonds is 6. The molecule has 0 radical (unpaired) electrons. The first-order chi connectivity index (χ1) is 29.5. The summed E-state index contributed by atoms with van der Waals surface area (Å²) in [5.41, 5.74) is 19.6. The lowest BCUT2D eigenvalue weighted by Crippen LogP contribution is -2.28. The maximum atomic E-state index is 7.06. The molecule has 0 amide bonds. The van der Waals surface area contributed by atoms with Gasteiger partial charge in [-0.1, -0.05) is 178 Å². The lowest BCUT2D eigenvalue weighted by molar-refractivity contribution is 0.660. The van der Waals surface area contributed by atoms with Crippen LogP contribution >= 0.6 is 0 Å². The van der Waals surface area contributed by atoms with Crippen molar-refractivity contribution in [2.45, 2.75) is 24.7 Å². The number of nitrogens with zero attached hydrogens (tertiary/aromatic N) is 1. The molecule has 0 aliphatic heterocycles. The lowest BCUT2D eigenvalue weighted by Gasteiger charge is -2.34. The van der Waals surface area contributed by atoms with Crippen molar-refractivity contribution in [2.24, 2.45) is 0 Å². The fraction of sp³-hybridized carbons (Fsp3) is 0.0690. The highest BCUT2D eigenvalue weighted by Gasteiger charge is 2.48. The van der Waals surface area contributed by atoms with Crippen LogP contribution in [0.2, 0.25) is 0 Å². The van der Waals surface area contributed by atoms with Crippen LogP contribution in [0.4, 0.5) is 17.1 Å². The van der Waals surface area contributed by atoms with Crippen molar-refractivity contribution in [1.82, 2.24) is 0 Å². The Bertz CT molecular complexity index is 3230. The number of fused-ring (bicyclic) bond motifs is 9. The van der Waals surface area contributed by atoms with Crippen LogP contribution in [0.15, 0.2) is 217 Å². The Labute approximate surface area is 350 Å². The highest BCUT2D eigenvalue weighted by molar-refractivity contribution is 6.19. The molecule has 2 aliphatic rings. The Kier molecular flexibility index (Phi) is 7.52. The third-order valence-corrected chi connectivity index (χ3v) is 13.3. The maximum Gasteiger partial charge on any atom is 0.136 e. The van der Waals surface area contributed by atoms with E-state index in [2.05, 4.69) is 231 Å². The van der Waals surface area contributed by atoms with Crippen LogP contribution in [0.3, 0.4) is 0 Å². The van der Waals surface area contributed by atoms with Crippen LogP contribution in [0.25, 0.3) is 55.3 Å². The molecule has 0 saturated heterocycles. The first kappa shape index (κ1) is 34.6. The number of benzene rings is 9. The van der Waals surface area contributed by atoms with Gasteiger partial charge in [-0.05, 0) is 110 Å². The normalized spacial score (nSPS) is 14.1. The molecule has 60 heavy (non-hydrogen) atoms. The smallest absolute Gasteiger partial charge is 0.136 e. The van der Waals surface area contributed by atoms with E-state index in [0.717, 1.165) is 39.0 Å². The number of hydrogen-bond donors (Lipinski definition) is 0. The molecule has 2 aliphatic carbocycles. The summed E-state index contributed by atoms with van der Waals surface area (Å²) < 4.78 is 7.06. The lowest BCUT2D eigenvalue weighted by atomic mass is 9.67. The molecule has 0 spiro atoms. The van der Waals surface area contributed by atoms with Crippen LogP contribution in [-0.4, -0.2) is 0 Å². The minimum absolute atomic E-state index is 0.120. The van der Waals surface area contributed by atoms with E-state index in [9.17, 15) is 0 Å². The van der Waals surface area contributed by atoms with E-state index in [-0.39, 0.29) is 5.41 Å². The summed E-state index contributed by atoms with van der Waals surface area (Å²) in [5.74, 6) is 0. The number of hydrogen-bond acceptors (Lipinski definition) is 2. The summed E-state index contributed by atoms with van der Waals surface area (Å²) in [6.07, 6.45) is 0. The summed E-state index contributed by atoms with van der Waals surface area (Å²) in [6.45, 7) is 4.70. The maximum absolute atomic E-state index is 7.06. The molecule has 1 aromatic heterocycles. The number of para-hydroxylation sites is 1. The molecular weight excluding hydrogens is 727 g/mol. The molecule has 12 rings (SSSR count). The zero-order chi connectivity index (χ0) is 40.0. The Hall–Kier alpha value is -7.42. The standard InChI is InChI=1S/C58H41NO/c1-57(2)48-29-17-15-27-44(48)45-33-31-43(36-50(45)57)59(41-25-13-6-14-26-41)42-32-34-52-47(35-42)56-53(60-52)37-51-55(54(56)38-19-7-3-8-20-38)46-28-16-18-30-49(46)58(51,39-21-9-4-10-22-39)40-23-11-5-12-24-40/h3-37H,1-2H3. The van der Waals surface area contributed by atoms with Crippen LogP contribution in [-0.2, 0) is 10.8 Å². The van der Waals surface area contributed by atoms with Crippen LogP contribution < -0.4 is 4.90 Å². The summed E-state index contributed by atoms with van der Waals surface area (Å²) in [5, 5.41) is 2.22. The van der Waals surface area contributed by atoms with Gasteiger partial charge in [0.05, 0.1) is 5.41 Å². The van der Waals surface area contributed by atoms with Gasteiger partial charge in [-0.3, -0.25) is 0 Å². The number of furan rings is 1. The van der Waals surface area contributed by atoms with Crippen molar-refractivity contribution in [1.29, 1.82) is 0 Å². The zero-order valence-electron chi connectivity index (χ0n) is 33.6. The molecule has 0 N–H and O–H groups in total. The number of anilines is 3. The van der Waals surface area contributed by atoms with Gasteiger partial charge in [-0.15, -0.1) is 0 Å². The van der Waals surface area contributed by atoms with Crippen LogP contribution in [0.1, 0.15) is 47.2 Å². The van der Waals surface area contributed by atoms with Gasteiger partial charge < -0.3 is 9.32 Å². The van der Waals surface area contributed by atoms with Gasteiger partial charge in [-0.2, -0.15) is 0 Å². The van der Waals surface area contributed by atoms with Gasteiger partial charge >= 0.3 is 0 Å². The van der Waals surface area contributed by atoms with E-state index < -0.39 is 5.41 Å². The molecule has 10 aromatic rings. The van der Waals surface area contributed by atoms with Gasteiger partial charge in [0, 0.05) is 38.8 Å². The van der Waals surface area contributed by atoms with Crippen molar-refractivity contribution >= 4 is 39.0 Å². The minimum Gasteiger partial charge on any atom is -0.456 e. The summed E-state index contributed by atoms with van der Waals surface area (Å²) >= 11 is 0. The second-order valence-electron chi connectivity index (χ2n) is 16.8. The molecule has 0 bridgehead atoms. The van der Waals surface area contributed by atoms with Crippen molar-refractivity contribution in [3.63, 3.8) is 0 Å². The van der Waals surface area contributed by atoms with Crippen molar-refractivity contribution in [3.8, 4) is 33.4 Å². The topological polar surface area (TPSA) is 16.4 Å². The zero-order valence-corrected chi connectivity index (χ0v) is 33.6. The second kappa shape index (κ2) is 13.0. The Morgan fingerprint density at radius 1 is 0.383 bits per heavy atom. The summed E-state index contributed by atoms with van der Waals surface area (Å²) in [4.78, 5) is 2.40. The predicted octanol–water partition coefficient (Wildman–Crippen LogP) is 15.4. The average molecular weight is 768 g/mol. The second-order valence-corrected chi connectivity index (χ2v) is 16.8. The highest BCUT2D eigenvalue weighted by atomic mass is 16.3. The fourth-order valence-electron chi connectivity index (χ4n) is 10.7. The molecule has 0 unspecified atom stereocenters. The van der Waals surface area contributed by atoms with Crippen LogP contribution in [0.5, 0.6) is 0 Å². The van der Waals surface area contributed by atoms with E-state index in [1.807, 2.05) is 0 Å². The first-order valence-electron chi connectivity index (χ1n) is 20.9. The molecule has 9 aromatic carbocycles. The molecule has 1 heterocycles. The molecule has 0 saturated carbocycles. The minimum atomic E-state index is -0.554. The Morgan fingerprint density at radius 2 is 0.933 bits per heavy atom. The molecular formula is C58H41NO. The molecule has 284 valence electrons. The van der Waals surface area contributed by atoms with Gasteiger partial charge in [0.2, 0.25) is 0 Å². The summed E-state index contributed by atoms with van der Waals surface area (Å²) in [6, 6.07) is 77.7. The monoisotopic (exact) mass is 767 g/mol. The predicted molar refractivity (Wildman–Crippen MR) is 249 cm³/mol. The fourth-order valence-corrected chi connectivity index (χ4v) is 10.7. The summed E-state index contributed by atoms with van der Waals surface area (Å²) in [7, 11) is 0. The van der Waals surface area contributed by atoms with E-state index in [1.54, 1.807) is 0 Å². The first-order valence-corrected chi connectivity index (χ1v) is 20.9. The molecule has 2 nitrogen and oxygen atoms in total. The van der Waals surface area contributed by atoms with Gasteiger partial charge in [-0.25, -0.2) is 0 Å². The van der Waals surface area contributed by atoms with E-state index in [0.29, 0.717) is 0 Å². The van der Waals surface area contributed by atoms with E-state index in [4.69, 9.17) is 4.42 Å². The van der Waals surface area contributed by atoms with Gasteiger partial charge in [0.1, 0.15) is 11.2 Å². The molecule has 0 fully saturated rings. The average Bonchev–Trinajstić information content (AvgIpc) is 3.90. The highest BCUT2D eigenvalue weighted by Crippen LogP contribution is 2.60. The SMILES string of the molecule is CC1(C)c2ccccc2-c2ccc(N(c3ccccc3)c3ccc4oc5cc6c(c(-c7ccccc7)c5c4c3)-c3ccccc3C6(c3ccccc3)c3ccccc3)cc21. The molecule has 2 heteroatoms. The van der Waals surface area contributed by atoms with Crippen molar-refractivity contribution in [3.05, 3.63) is 246 Å². The molecule has 0 atom stereocenters. The van der Waals surface area contributed by atoms with Gasteiger partial charge in [0.25, 0.3) is 0 Å². The van der Waals surface area contributed by atoms with Gasteiger partial charge in [0.15, 0.2) is 0 Å². The Morgan fingerprint density at radius 3 is 1.63 bits per heavy atom. The van der Waals surface area contributed by atoms with Crippen LogP contribution in [0, 0.1) is 0 Å². The van der Waals surface area contributed by atoms with E-state index >= 15 is 0 Å². The van der Waals surface area contributed by atoms with Crippen molar-refractivity contribution < 1.29 is 4.42 Å².